The Morgan fingerprint density at radius 3 is 2.63 bits per heavy atom. The fourth-order valence-electron chi connectivity index (χ4n) is 3.15. The van der Waals surface area contributed by atoms with Crippen LogP contribution in [0.2, 0.25) is 0 Å². The molecule has 2 N–H and O–H groups in total. The van der Waals surface area contributed by atoms with E-state index in [1.165, 1.54) is 22.4 Å². The van der Waals surface area contributed by atoms with Crippen LogP contribution in [0.5, 0.6) is 0 Å². The zero-order valence-electron chi connectivity index (χ0n) is 10.6. The van der Waals surface area contributed by atoms with E-state index < -0.39 is 0 Å². The molecule has 2 aromatic carbocycles. The fraction of sp³-hybridized carbons (Fsp3) is 0.188. The van der Waals surface area contributed by atoms with E-state index in [2.05, 4.69) is 58.4 Å². The van der Waals surface area contributed by atoms with Crippen LogP contribution in [0.4, 0.5) is 5.69 Å². The fourth-order valence-corrected chi connectivity index (χ4v) is 3.15. The summed E-state index contributed by atoms with van der Waals surface area (Å²) in [7, 11) is 0. The van der Waals surface area contributed by atoms with E-state index in [-0.39, 0.29) is 6.04 Å². The molecular weight excluding hydrogens is 234 g/mol. The van der Waals surface area contributed by atoms with Crippen LogP contribution in [0, 0.1) is 0 Å². The average Bonchev–Trinajstić information content (AvgIpc) is 2.75. The molecule has 19 heavy (non-hydrogen) atoms. The quantitative estimate of drug-likeness (QED) is 0.779. The van der Waals surface area contributed by atoms with E-state index in [1.54, 1.807) is 0 Å². The molecule has 0 fully saturated rings. The summed E-state index contributed by atoms with van der Waals surface area (Å²) in [5.41, 5.74) is 11.4. The zero-order chi connectivity index (χ0) is 12.8. The lowest BCUT2D eigenvalue weighted by molar-refractivity contribution is 0.768. The summed E-state index contributed by atoms with van der Waals surface area (Å²) < 4.78 is 0. The smallest absolute Gasteiger partial charge is 0.196 e. The van der Waals surface area contributed by atoms with Crippen molar-refractivity contribution in [2.24, 2.45) is 10.7 Å². The van der Waals surface area contributed by atoms with E-state index >= 15 is 0 Å². The molecule has 2 aromatic rings. The number of nitrogens with zero attached hydrogens (tertiary/aromatic N) is 2. The molecule has 0 spiro atoms. The first-order chi connectivity index (χ1) is 9.34. The molecule has 0 aliphatic carbocycles. The van der Waals surface area contributed by atoms with Crippen molar-refractivity contribution >= 4 is 11.6 Å². The number of benzene rings is 2. The van der Waals surface area contributed by atoms with Gasteiger partial charge in [-0.3, -0.25) is 4.99 Å². The van der Waals surface area contributed by atoms with E-state index in [4.69, 9.17) is 5.73 Å². The molecule has 3 nitrogen and oxygen atoms in total. The summed E-state index contributed by atoms with van der Waals surface area (Å²) in [5, 5.41) is 0. The minimum absolute atomic E-state index is 0.250. The third-order valence-corrected chi connectivity index (χ3v) is 4.03. The Labute approximate surface area is 112 Å². The molecule has 1 atom stereocenters. The number of fused-ring (bicyclic) bond motifs is 5. The summed E-state index contributed by atoms with van der Waals surface area (Å²) in [4.78, 5) is 6.62. The van der Waals surface area contributed by atoms with Gasteiger partial charge in [0.05, 0.1) is 12.6 Å². The number of guanidine groups is 1. The second-order valence-electron chi connectivity index (χ2n) is 5.09. The minimum Gasteiger partial charge on any atom is -0.369 e. The lowest BCUT2D eigenvalue weighted by Gasteiger charge is -2.26. The Kier molecular flexibility index (Phi) is 2.15. The van der Waals surface area contributed by atoms with Crippen molar-refractivity contribution in [1.82, 2.24) is 0 Å². The van der Waals surface area contributed by atoms with Crippen LogP contribution >= 0.6 is 0 Å². The van der Waals surface area contributed by atoms with Gasteiger partial charge in [-0.1, -0.05) is 42.5 Å². The van der Waals surface area contributed by atoms with Gasteiger partial charge in [0.15, 0.2) is 5.96 Å². The molecule has 0 radical (unpaired) electrons. The largest absolute Gasteiger partial charge is 0.369 e. The molecule has 2 heterocycles. The highest BCUT2D eigenvalue weighted by atomic mass is 15.3. The molecule has 0 amide bonds. The van der Waals surface area contributed by atoms with Gasteiger partial charge in [0.25, 0.3) is 0 Å². The van der Waals surface area contributed by atoms with Crippen LogP contribution in [0.3, 0.4) is 0 Å². The molecule has 2 aliphatic heterocycles. The van der Waals surface area contributed by atoms with Crippen molar-refractivity contribution in [3.8, 4) is 0 Å². The SMILES string of the molecule is NC1=NC[C@H]2c3ccccc3Cc3ccccc3N12. The lowest BCUT2D eigenvalue weighted by Crippen LogP contribution is -2.36. The van der Waals surface area contributed by atoms with Crippen LogP contribution in [-0.4, -0.2) is 12.5 Å². The Morgan fingerprint density at radius 1 is 1.00 bits per heavy atom. The summed E-state index contributed by atoms with van der Waals surface area (Å²) in [6.45, 7) is 0.747. The van der Waals surface area contributed by atoms with E-state index in [9.17, 15) is 0 Å². The third kappa shape index (κ3) is 1.48. The van der Waals surface area contributed by atoms with Crippen LogP contribution in [0.15, 0.2) is 53.5 Å². The predicted molar refractivity (Wildman–Crippen MR) is 77.4 cm³/mol. The van der Waals surface area contributed by atoms with Crippen molar-refractivity contribution in [3.63, 3.8) is 0 Å². The number of rotatable bonds is 0. The highest BCUT2D eigenvalue weighted by molar-refractivity contribution is 5.98. The Bertz CT molecular complexity index is 675. The van der Waals surface area contributed by atoms with Gasteiger partial charge in [-0.15, -0.1) is 0 Å². The molecular formula is C16H15N3. The first kappa shape index (κ1) is 10.6. The highest BCUT2D eigenvalue weighted by Gasteiger charge is 2.33. The minimum atomic E-state index is 0.250. The van der Waals surface area contributed by atoms with Gasteiger partial charge in [-0.25, -0.2) is 0 Å². The summed E-state index contributed by atoms with van der Waals surface area (Å²) in [6, 6.07) is 17.3. The number of anilines is 1. The highest BCUT2D eigenvalue weighted by Crippen LogP contribution is 2.39. The number of aliphatic imine (C=N–C) groups is 1. The molecule has 0 saturated carbocycles. The molecule has 3 heteroatoms. The van der Waals surface area contributed by atoms with Gasteiger partial charge in [0.2, 0.25) is 0 Å². The zero-order valence-corrected chi connectivity index (χ0v) is 10.6. The van der Waals surface area contributed by atoms with Gasteiger partial charge >= 0.3 is 0 Å². The van der Waals surface area contributed by atoms with Crippen molar-refractivity contribution in [1.29, 1.82) is 0 Å². The average molecular weight is 249 g/mol. The summed E-state index contributed by atoms with van der Waals surface area (Å²) in [6.07, 6.45) is 0.965. The molecule has 2 aliphatic rings. The van der Waals surface area contributed by atoms with E-state index in [1.807, 2.05) is 0 Å². The molecule has 0 bridgehead atoms. The maximum Gasteiger partial charge on any atom is 0.196 e. The molecule has 0 saturated heterocycles. The first-order valence-corrected chi connectivity index (χ1v) is 6.59. The normalized spacial score (nSPS) is 20.1. The number of hydrogen-bond donors (Lipinski definition) is 1. The van der Waals surface area contributed by atoms with E-state index in [0.717, 1.165) is 13.0 Å². The Hall–Kier alpha value is -2.29. The van der Waals surface area contributed by atoms with Crippen molar-refractivity contribution in [2.45, 2.75) is 12.5 Å². The lowest BCUT2D eigenvalue weighted by atomic mass is 9.97. The predicted octanol–water partition coefficient (Wildman–Crippen LogP) is 2.47. The van der Waals surface area contributed by atoms with Crippen molar-refractivity contribution < 1.29 is 0 Å². The number of nitrogens with two attached hydrogens (primary N) is 1. The van der Waals surface area contributed by atoms with Gasteiger partial charge in [0.1, 0.15) is 0 Å². The Morgan fingerprint density at radius 2 is 1.74 bits per heavy atom. The second kappa shape index (κ2) is 3.85. The van der Waals surface area contributed by atoms with Crippen LogP contribution < -0.4 is 10.6 Å². The van der Waals surface area contributed by atoms with Crippen LogP contribution in [0.1, 0.15) is 22.7 Å². The molecule has 0 aromatic heterocycles. The summed E-state index contributed by atoms with van der Waals surface area (Å²) >= 11 is 0. The first-order valence-electron chi connectivity index (χ1n) is 6.59. The number of para-hydroxylation sites is 1. The van der Waals surface area contributed by atoms with Gasteiger partial charge < -0.3 is 10.6 Å². The Balaban J connectivity index is 1.98. The van der Waals surface area contributed by atoms with E-state index in [0.29, 0.717) is 5.96 Å². The van der Waals surface area contributed by atoms with Gasteiger partial charge in [-0.2, -0.15) is 0 Å². The van der Waals surface area contributed by atoms with Crippen molar-refractivity contribution in [2.75, 3.05) is 11.4 Å². The van der Waals surface area contributed by atoms with Crippen LogP contribution in [0.25, 0.3) is 0 Å². The molecule has 94 valence electrons. The van der Waals surface area contributed by atoms with Gasteiger partial charge in [0, 0.05) is 5.69 Å². The van der Waals surface area contributed by atoms with Gasteiger partial charge in [-0.05, 0) is 29.2 Å². The van der Waals surface area contributed by atoms with Crippen molar-refractivity contribution in [3.05, 3.63) is 65.2 Å². The number of hydrogen-bond acceptors (Lipinski definition) is 3. The monoisotopic (exact) mass is 249 g/mol. The van der Waals surface area contributed by atoms with Crippen LogP contribution in [-0.2, 0) is 6.42 Å². The third-order valence-electron chi connectivity index (χ3n) is 4.03. The topological polar surface area (TPSA) is 41.6 Å². The summed E-state index contributed by atoms with van der Waals surface area (Å²) in [5.74, 6) is 0.633. The second-order valence-corrected chi connectivity index (χ2v) is 5.09. The molecule has 0 unspecified atom stereocenters. The molecule has 4 rings (SSSR count). The standard InChI is InChI=1S/C16H15N3/c17-16-18-10-15-13-7-3-1-5-11(13)9-12-6-2-4-8-14(12)19(15)16/h1-8,15H,9-10H2,(H2,17,18)/t15-/m0/s1. The maximum absolute atomic E-state index is 6.11. The maximum atomic E-state index is 6.11.